The van der Waals surface area contributed by atoms with Crippen molar-refractivity contribution in [3.8, 4) is 11.5 Å². The van der Waals surface area contributed by atoms with Crippen LogP contribution in [-0.2, 0) is 13.0 Å². The molecular formula is C25H25N3O3. The smallest absolute Gasteiger partial charge is 0.255 e. The van der Waals surface area contributed by atoms with E-state index in [-0.39, 0.29) is 5.91 Å². The first-order chi connectivity index (χ1) is 15.2. The molecule has 158 valence electrons. The number of carbonyl (C=O) groups is 1. The first-order valence-corrected chi connectivity index (χ1v) is 10.2. The highest BCUT2D eigenvalue weighted by Crippen LogP contribution is 2.23. The van der Waals surface area contributed by atoms with Gasteiger partial charge in [-0.25, -0.2) is 4.98 Å². The summed E-state index contributed by atoms with van der Waals surface area (Å²) in [4.78, 5) is 17.4. The molecule has 1 N–H and O–H groups in total. The minimum Gasteiger partial charge on any atom is -0.496 e. The van der Waals surface area contributed by atoms with Crippen molar-refractivity contribution in [2.24, 2.45) is 0 Å². The number of methoxy groups -OCH3 is 2. The highest BCUT2D eigenvalue weighted by atomic mass is 16.5. The zero-order valence-corrected chi connectivity index (χ0v) is 17.7. The van der Waals surface area contributed by atoms with Crippen molar-refractivity contribution in [2.45, 2.75) is 13.0 Å². The van der Waals surface area contributed by atoms with Crippen molar-refractivity contribution in [2.75, 3.05) is 20.8 Å². The number of nitrogens with one attached hydrogen (secondary N) is 1. The summed E-state index contributed by atoms with van der Waals surface area (Å²) in [6.45, 7) is 1.10. The van der Waals surface area contributed by atoms with Gasteiger partial charge in [-0.05, 0) is 30.3 Å². The van der Waals surface area contributed by atoms with Crippen molar-refractivity contribution in [3.63, 3.8) is 0 Å². The van der Waals surface area contributed by atoms with Crippen LogP contribution in [0.15, 0.2) is 72.8 Å². The Morgan fingerprint density at radius 1 is 0.903 bits per heavy atom. The molecular weight excluding hydrogens is 390 g/mol. The van der Waals surface area contributed by atoms with Gasteiger partial charge in [0.25, 0.3) is 5.91 Å². The van der Waals surface area contributed by atoms with Crippen molar-refractivity contribution < 1.29 is 14.3 Å². The highest BCUT2D eigenvalue weighted by molar-refractivity contribution is 5.96. The molecule has 6 heteroatoms. The number of benzene rings is 3. The average Bonchev–Trinajstić information content (AvgIpc) is 3.16. The first kappa shape index (κ1) is 20.5. The molecule has 6 nitrogen and oxygen atoms in total. The van der Waals surface area contributed by atoms with E-state index in [0.29, 0.717) is 30.8 Å². The Morgan fingerprint density at radius 2 is 1.58 bits per heavy atom. The van der Waals surface area contributed by atoms with Crippen LogP contribution < -0.4 is 14.8 Å². The summed E-state index contributed by atoms with van der Waals surface area (Å²) in [6, 6.07) is 23.2. The molecule has 1 aromatic heterocycles. The molecule has 0 saturated heterocycles. The van der Waals surface area contributed by atoms with Crippen LogP contribution in [-0.4, -0.2) is 36.2 Å². The molecule has 0 aliphatic carbocycles. The Bertz CT molecular complexity index is 1200. The molecule has 0 atom stereocenters. The second-order valence-electron chi connectivity index (χ2n) is 7.12. The largest absolute Gasteiger partial charge is 0.496 e. The van der Waals surface area contributed by atoms with E-state index in [4.69, 9.17) is 14.5 Å². The van der Waals surface area contributed by atoms with Gasteiger partial charge >= 0.3 is 0 Å². The minimum absolute atomic E-state index is 0.162. The molecule has 0 bridgehead atoms. The lowest BCUT2D eigenvalue weighted by Crippen LogP contribution is -2.27. The molecule has 0 fully saturated rings. The van der Waals surface area contributed by atoms with E-state index in [2.05, 4.69) is 22.0 Å². The number of carbonyl (C=O) groups excluding carboxylic acids is 1. The van der Waals surface area contributed by atoms with E-state index < -0.39 is 0 Å². The van der Waals surface area contributed by atoms with Crippen LogP contribution >= 0.6 is 0 Å². The summed E-state index contributed by atoms with van der Waals surface area (Å²) >= 11 is 0. The van der Waals surface area contributed by atoms with Gasteiger partial charge < -0.3 is 19.4 Å². The molecule has 4 rings (SSSR count). The van der Waals surface area contributed by atoms with Gasteiger partial charge in [-0.1, -0.05) is 42.5 Å². The molecule has 0 radical (unpaired) electrons. The topological polar surface area (TPSA) is 65.4 Å². The van der Waals surface area contributed by atoms with Crippen LogP contribution in [0.4, 0.5) is 0 Å². The van der Waals surface area contributed by atoms with E-state index in [1.807, 2.05) is 48.5 Å². The fraction of sp³-hybridized carbons (Fsp3) is 0.200. The number of nitrogens with zero attached hydrogens (tertiary/aromatic N) is 2. The highest BCUT2D eigenvalue weighted by Gasteiger charge is 2.15. The SMILES string of the molecule is COc1ccccc1Cn1c(CCNC(=O)c2ccccc2OC)nc2ccccc21. The number of imidazole rings is 1. The number of amides is 1. The van der Waals surface area contributed by atoms with Gasteiger partial charge in [0.15, 0.2) is 0 Å². The molecule has 0 aliphatic rings. The van der Waals surface area contributed by atoms with Crippen LogP contribution in [0.1, 0.15) is 21.7 Å². The fourth-order valence-electron chi connectivity index (χ4n) is 3.71. The first-order valence-electron chi connectivity index (χ1n) is 10.2. The third kappa shape index (κ3) is 4.38. The predicted octanol–water partition coefficient (Wildman–Crippen LogP) is 4.07. The maximum Gasteiger partial charge on any atom is 0.255 e. The van der Waals surface area contributed by atoms with Crippen molar-refractivity contribution in [3.05, 3.63) is 89.7 Å². The van der Waals surface area contributed by atoms with Crippen LogP contribution in [0, 0.1) is 0 Å². The molecule has 1 heterocycles. The molecule has 3 aromatic carbocycles. The summed E-state index contributed by atoms with van der Waals surface area (Å²) < 4.78 is 13.0. The Labute approximate surface area is 181 Å². The van der Waals surface area contributed by atoms with E-state index in [9.17, 15) is 4.79 Å². The molecule has 1 amide bonds. The normalized spacial score (nSPS) is 10.8. The van der Waals surface area contributed by atoms with Crippen LogP contribution in [0.3, 0.4) is 0 Å². The summed E-state index contributed by atoms with van der Waals surface area (Å²) in [5.74, 6) is 2.15. The summed E-state index contributed by atoms with van der Waals surface area (Å²) in [5.41, 5.74) is 3.59. The molecule has 4 aromatic rings. The van der Waals surface area contributed by atoms with Crippen molar-refractivity contribution >= 4 is 16.9 Å². The average molecular weight is 415 g/mol. The number of para-hydroxylation sites is 4. The number of fused-ring (bicyclic) bond motifs is 1. The van der Waals surface area contributed by atoms with Gasteiger partial charge in [-0.15, -0.1) is 0 Å². The molecule has 0 saturated carbocycles. The summed E-state index contributed by atoms with van der Waals surface area (Å²) in [7, 11) is 3.24. The zero-order chi connectivity index (χ0) is 21.6. The number of aromatic nitrogens is 2. The fourth-order valence-corrected chi connectivity index (χ4v) is 3.71. The van der Waals surface area contributed by atoms with Gasteiger partial charge in [0.05, 0.1) is 37.4 Å². The Hall–Kier alpha value is -3.80. The van der Waals surface area contributed by atoms with Crippen LogP contribution in [0.2, 0.25) is 0 Å². The van der Waals surface area contributed by atoms with Crippen LogP contribution in [0.5, 0.6) is 11.5 Å². The van der Waals surface area contributed by atoms with E-state index in [1.54, 1.807) is 26.4 Å². The number of hydrogen-bond acceptors (Lipinski definition) is 4. The molecule has 0 spiro atoms. The maximum absolute atomic E-state index is 12.6. The lowest BCUT2D eigenvalue weighted by Gasteiger charge is -2.13. The standard InChI is InChI=1S/C25H25N3O3/c1-30-22-13-7-3-9-18(22)17-28-21-12-6-5-11-20(21)27-24(28)15-16-26-25(29)19-10-4-8-14-23(19)31-2/h3-14H,15-17H2,1-2H3,(H,26,29). The zero-order valence-electron chi connectivity index (χ0n) is 17.7. The summed E-state index contributed by atoms with van der Waals surface area (Å²) in [6.07, 6.45) is 0.602. The summed E-state index contributed by atoms with van der Waals surface area (Å²) in [5, 5.41) is 2.98. The lowest BCUT2D eigenvalue weighted by molar-refractivity contribution is 0.0951. The van der Waals surface area contributed by atoms with Crippen molar-refractivity contribution in [1.29, 1.82) is 0 Å². The van der Waals surface area contributed by atoms with E-state index in [0.717, 1.165) is 28.2 Å². The Balaban J connectivity index is 1.55. The van der Waals surface area contributed by atoms with E-state index in [1.165, 1.54) is 0 Å². The van der Waals surface area contributed by atoms with Gasteiger partial charge in [-0.3, -0.25) is 4.79 Å². The Kier molecular flexibility index (Phi) is 6.17. The lowest BCUT2D eigenvalue weighted by atomic mass is 10.2. The molecule has 0 aliphatic heterocycles. The predicted molar refractivity (Wildman–Crippen MR) is 121 cm³/mol. The van der Waals surface area contributed by atoms with Gasteiger partial charge in [0.2, 0.25) is 0 Å². The maximum atomic E-state index is 12.6. The monoisotopic (exact) mass is 415 g/mol. The molecule has 0 unspecified atom stereocenters. The quantitative estimate of drug-likeness (QED) is 0.471. The number of ether oxygens (including phenoxy) is 2. The van der Waals surface area contributed by atoms with Crippen molar-refractivity contribution in [1.82, 2.24) is 14.9 Å². The van der Waals surface area contributed by atoms with Gasteiger partial charge in [0, 0.05) is 18.5 Å². The Morgan fingerprint density at radius 3 is 2.39 bits per heavy atom. The van der Waals surface area contributed by atoms with Crippen LogP contribution in [0.25, 0.3) is 11.0 Å². The number of rotatable bonds is 8. The second-order valence-corrected chi connectivity index (χ2v) is 7.12. The van der Waals surface area contributed by atoms with Gasteiger partial charge in [-0.2, -0.15) is 0 Å². The number of hydrogen-bond donors (Lipinski definition) is 1. The third-order valence-corrected chi connectivity index (χ3v) is 5.24. The van der Waals surface area contributed by atoms with E-state index >= 15 is 0 Å². The molecule has 31 heavy (non-hydrogen) atoms. The van der Waals surface area contributed by atoms with Gasteiger partial charge in [0.1, 0.15) is 17.3 Å². The second kappa shape index (κ2) is 9.34. The third-order valence-electron chi connectivity index (χ3n) is 5.24. The minimum atomic E-state index is -0.162.